The number of alkyl halides is 1. The van der Waals surface area contributed by atoms with E-state index < -0.39 is 6.17 Å². The Labute approximate surface area is 83.6 Å². The Balaban J connectivity index is 2.53. The Morgan fingerprint density at radius 1 is 1.46 bits per heavy atom. The van der Waals surface area contributed by atoms with Crippen LogP contribution in [0.25, 0.3) is 0 Å². The largest absolute Gasteiger partial charge is 0.330 e. The summed E-state index contributed by atoms with van der Waals surface area (Å²) >= 11 is 4.18. The molecule has 1 aromatic rings. The Hall–Kier alpha value is -0.540. The average molecular weight is 199 g/mol. The quantitative estimate of drug-likeness (QED) is 0.714. The zero-order valence-electron chi connectivity index (χ0n) is 7.41. The van der Waals surface area contributed by atoms with Crippen molar-refractivity contribution in [1.82, 2.24) is 0 Å². The van der Waals surface area contributed by atoms with E-state index in [-0.39, 0.29) is 0 Å². The third-order valence-corrected chi connectivity index (χ3v) is 2.13. The molecule has 0 aromatic heterocycles. The number of hydrogen-bond acceptors (Lipinski definition) is 2. The Bertz CT molecular complexity index is 265. The molecule has 0 spiro atoms. The lowest BCUT2D eigenvalue weighted by molar-refractivity contribution is 0.316. The summed E-state index contributed by atoms with van der Waals surface area (Å²) in [4.78, 5) is 0.873. The highest BCUT2D eigenvalue weighted by molar-refractivity contribution is 7.80. The number of hydrogen-bond donors (Lipinski definition) is 2. The summed E-state index contributed by atoms with van der Waals surface area (Å²) in [7, 11) is 0. The first kappa shape index (κ1) is 10.5. The van der Waals surface area contributed by atoms with Gasteiger partial charge >= 0.3 is 0 Å². The number of thiol groups is 1. The molecule has 1 unspecified atom stereocenters. The van der Waals surface area contributed by atoms with Crippen LogP contribution in [0.3, 0.4) is 0 Å². The summed E-state index contributed by atoms with van der Waals surface area (Å²) < 4.78 is 13.1. The van der Waals surface area contributed by atoms with E-state index in [9.17, 15) is 4.39 Å². The smallest absolute Gasteiger partial charge is 0.105 e. The summed E-state index contributed by atoms with van der Waals surface area (Å²) in [5.74, 6) is 0. The van der Waals surface area contributed by atoms with E-state index in [1.54, 1.807) is 0 Å². The third-order valence-electron chi connectivity index (χ3n) is 1.85. The van der Waals surface area contributed by atoms with Crippen molar-refractivity contribution < 1.29 is 4.39 Å². The molecule has 2 N–H and O–H groups in total. The highest BCUT2D eigenvalue weighted by Gasteiger charge is 2.06. The van der Waals surface area contributed by atoms with Crippen molar-refractivity contribution in [2.45, 2.75) is 23.9 Å². The van der Waals surface area contributed by atoms with E-state index in [1.807, 2.05) is 24.3 Å². The lowest BCUT2D eigenvalue weighted by Gasteiger charge is -2.06. The molecule has 1 rings (SSSR count). The summed E-state index contributed by atoms with van der Waals surface area (Å²) in [6, 6.07) is 7.55. The van der Waals surface area contributed by atoms with Crippen LogP contribution >= 0.6 is 12.6 Å². The summed E-state index contributed by atoms with van der Waals surface area (Å²) in [6.45, 7) is 0.404. The van der Waals surface area contributed by atoms with Crippen LogP contribution in [0.4, 0.5) is 4.39 Å². The van der Waals surface area contributed by atoms with E-state index in [2.05, 4.69) is 12.6 Å². The normalized spacial score (nSPS) is 12.8. The van der Waals surface area contributed by atoms with Crippen molar-refractivity contribution in [2.24, 2.45) is 5.73 Å². The molecule has 72 valence electrons. The van der Waals surface area contributed by atoms with Gasteiger partial charge < -0.3 is 5.73 Å². The summed E-state index contributed by atoms with van der Waals surface area (Å²) in [5.41, 5.74) is 6.24. The Morgan fingerprint density at radius 3 is 2.85 bits per heavy atom. The summed E-state index contributed by atoms with van der Waals surface area (Å²) in [6.07, 6.45) is 0.0303. The molecule has 0 saturated heterocycles. The first-order chi connectivity index (χ1) is 6.22. The standard InChI is InChI=1S/C10H14FNS/c11-9(4-5-12)6-8-2-1-3-10(13)7-8/h1-3,7,9,13H,4-6,12H2. The van der Waals surface area contributed by atoms with Gasteiger partial charge in [0.05, 0.1) is 0 Å². The highest BCUT2D eigenvalue weighted by atomic mass is 32.1. The van der Waals surface area contributed by atoms with Gasteiger partial charge in [0.25, 0.3) is 0 Å². The van der Waals surface area contributed by atoms with Crippen molar-refractivity contribution in [3.05, 3.63) is 29.8 Å². The predicted molar refractivity (Wildman–Crippen MR) is 56.0 cm³/mol. The molecular formula is C10H14FNS. The van der Waals surface area contributed by atoms with Gasteiger partial charge in [0.2, 0.25) is 0 Å². The van der Waals surface area contributed by atoms with Crippen molar-refractivity contribution in [3.63, 3.8) is 0 Å². The molecule has 3 heteroatoms. The molecule has 0 aliphatic rings. The van der Waals surface area contributed by atoms with E-state index in [4.69, 9.17) is 5.73 Å². The average Bonchev–Trinajstić information content (AvgIpc) is 2.04. The fourth-order valence-electron chi connectivity index (χ4n) is 1.22. The molecule has 0 amide bonds. The molecule has 1 aromatic carbocycles. The Kier molecular flexibility index (Phi) is 4.25. The second kappa shape index (κ2) is 5.25. The minimum atomic E-state index is -0.833. The van der Waals surface area contributed by atoms with Gasteiger partial charge in [-0.3, -0.25) is 0 Å². The zero-order valence-corrected chi connectivity index (χ0v) is 8.31. The predicted octanol–water partition coefficient (Wildman–Crippen LogP) is 2.20. The molecule has 0 aliphatic carbocycles. The maximum absolute atomic E-state index is 13.1. The van der Waals surface area contributed by atoms with Gasteiger partial charge in [-0.15, -0.1) is 12.6 Å². The monoisotopic (exact) mass is 199 g/mol. The van der Waals surface area contributed by atoms with Crippen LogP contribution in [-0.4, -0.2) is 12.7 Å². The highest BCUT2D eigenvalue weighted by Crippen LogP contribution is 2.13. The van der Waals surface area contributed by atoms with Gasteiger partial charge in [0.1, 0.15) is 6.17 Å². The minimum absolute atomic E-state index is 0.404. The first-order valence-corrected chi connectivity index (χ1v) is 4.79. The molecular weight excluding hydrogens is 185 g/mol. The molecule has 0 aliphatic heterocycles. The number of rotatable bonds is 4. The SMILES string of the molecule is NCCC(F)Cc1cccc(S)c1. The molecule has 1 atom stereocenters. The van der Waals surface area contributed by atoms with Crippen LogP contribution in [0.2, 0.25) is 0 Å². The molecule has 0 radical (unpaired) electrons. The molecule has 0 heterocycles. The maximum Gasteiger partial charge on any atom is 0.105 e. The lowest BCUT2D eigenvalue weighted by Crippen LogP contribution is -2.11. The van der Waals surface area contributed by atoms with Crippen molar-refractivity contribution in [2.75, 3.05) is 6.54 Å². The van der Waals surface area contributed by atoms with Crippen LogP contribution in [0.1, 0.15) is 12.0 Å². The zero-order chi connectivity index (χ0) is 9.68. The second-order valence-electron chi connectivity index (χ2n) is 3.05. The van der Waals surface area contributed by atoms with Crippen LogP contribution in [-0.2, 0) is 6.42 Å². The van der Waals surface area contributed by atoms with Crippen LogP contribution in [0, 0.1) is 0 Å². The van der Waals surface area contributed by atoms with Gasteiger partial charge in [-0.1, -0.05) is 12.1 Å². The van der Waals surface area contributed by atoms with Gasteiger partial charge in [0, 0.05) is 11.3 Å². The fourth-order valence-corrected chi connectivity index (χ4v) is 1.47. The lowest BCUT2D eigenvalue weighted by atomic mass is 10.1. The first-order valence-electron chi connectivity index (χ1n) is 4.34. The topological polar surface area (TPSA) is 26.0 Å². The minimum Gasteiger partial charge on any atom is -0.330 e. The van der Waals surface area contributed by atoms with E-state index in [0.29, 0.717) is 19.4 Å². The van der Waals surface area contributed by atoms with Crippen LogP contribution in [0.5, 0.6) is 0 Å². The summed E-state index contributed by atoms with van der Waals surface area (Å²) in [5, 5.41) is 0. The fraction of sp³-hybridized carbons (Fsp3) is 0.400. The number of benzene rings is 1. The molecule has 0 bridgehead atoms. The van der Waals surface area contributed by atoms with E-state index >= 15 is 0 Å². The van der Waals surface area contributed by atoms with Crippen LogP contribution in [0.15, 0.2) is 29.2 Å². The van der Waals surface area contributed by atoms with Crippen molar-refractivity contribution >= 4 is 12.6 Å². The van der Waals surface area contributed by atoms with Crippen molar-refractivity contribution in [3.8, 4) is 0 Å². The van der Waals surface area contributed by atoms with Gasteiger partial charge in [-0.2, -0.15) is 0 Å². The van der Waals surface area contributed by atoms with Crippen LogP contribution < -0.4 is 5.73 Å². The molecule has 0 saturated carbocycles. The molecule has 0 fully saturated rings. The van der Waals surface area contributed by atoms with Gasteiger partial charge in [-0.05, 0) is 30.7 Å². The molecule has 1 nitrogen and oxygen atoms in total. The molecule has 13 heavy (non-hydrogen) atoms. The Morgan fingerprint density at radius 2 is 2.23 bits per heavy atom. The van der Waals surface area contributed by atoms with E-state index in [1.165, 1.54) is 0 Å². The van der Waals surface area contributed by atoms with Gasteiger partial charge in [0.15, 0.2) is 0 Å². The third kappa shape index (κ3) is 3.79. The van der Waals surface area contributed by atoms with E-state index in [0.717, 1.165) is 10.5 Å². The van der Waals surface area contributed by atoms with Crippen molar-refractivity contribution in [1.29, 1.82) is 0 Å². The van der Waals surface area contributed by atoms with Gasteiger partial charge in [-0.25, -0.2) is 4.39 Å². The second-order valence-corrected chi connectivity index (χ2v) is 3.57. The number of nitrogens with two attached hydrogens (primary N) is 1. The number of halogens is 1. The maximum atomic E-state index is 13.1.